The van der Waals surface area contributed by atoms with Crippen LogP contribution in [-0.4, -0.2) is 71.5 Å². The first kappa shape index (κ1) is 25.4. The average molecular weight is 550 g/mol. The first-order valence-corrected chi connectivity index (χ1v) is 14.8. The molecular weight excluding hydrogens is 518 g/mol. The van der Waals surface area contributed by atoms with Crippen molar-refractivity contribution in [2.24, 2.45) is 0 Å². The van der Waals surface area contributed by atoms with Crippen LogP contribution in [0.4, 0.5) is 11.8 Å². The number of rotatable bonds is 7. The smallest absolute Gasteiger partial charge is 0.231 e. The minimum absolute atomic E-state index is 0.229. The zero-order valence-electron chi connectivity index (χ0n) is 22.0. The van der Waals surface area contributed by atoms with E-state index in [1.807, 2.05) is 28.8 Å². The molecule has 2 aliphatic rings. The molecule has 2 aromatic heterocycles. The summed E-state index contributed by atoms with van der Waals surface area (Å²) in [5, 5.41) is 3.45. The minimum atomic E-state index is -3.26. The van der Waals surface area contributed by atoms with Gasteiger partial charge in [-0.1, -0.05) is 35.9 Å². The Morgan fingerprint density at radius 3 is 2.69 bits per heavy atom. The summed E-state index contributed by atoms with van der Waals surface area (Å²) in [4.78, 5) is 16.6. The van der Waals surface area contributed by atoms with Gasteiger partial charge in [0.15, 0.2) is 28.5 Å². The molecule has 0 atom stereocenters. The van der Waals surface area contributed by atoms with Crippen LogP contribution in [0.3, 0.4) is 0 Å². The van der Waals surface area contributed by atoms with Gasteiger partial charge >= 0.3 is 0 Å². The number of sulfonamides is 1. The van der Waals surface area contributed by atoms with Crippen LogP contribution < -0.4 is 19.7 Å². The van der Waals surface area contributed by atoms with Gasteiger partial charge in [0.25, 0.3) is 0 Å². The summed E-state index contributed by atoms with van der Waals surface area (Å²) in [6.45, 7) is 5.48. The Labute approximate surface area is 227 Å². The molecule has 0 amide bonds. The predicted octanol–water partition coefficient (Wildman–Crippen LogP) is 3.00. The minimum Gasteiger partial charge on any atom is -0.454 e. The van der Waals surface area contributed by atoms with Crippen molar-refractivity contribution < 1.29 is 17.9 Å². The molecular formula is C27H31N7O4S. The summed E-state index contributed by atoms with van der Waals surface area (Å²) in [5.74, 6) is 2.65. The average Bonchev–Trinajstić information content (AvgIpc) is 3.45. The second-order valence-electron chi connectivity index (χ2n) is 9.95. The van der Waals surface area contributed by atoms with E-state index < -0.39 is 10.0 Å². The third-order valence-corrected chi connectivity index (χ3v) is 8.29. The highest BCUT2D eigenvalue weighted by Crippen LogP contribution is 2.33. The third-order valence-electron chi connectivity index (χ3n) is 6.99. The number of anilines is 2. The van der Waals surface area contributed by atoms with Crippen molar-refractivity contribution in [2.45, 2.75) is 26.4 Å². The van der Waals surface area contributed by atoms with Gasteiger partial charge in [0.05, 0.1) is 19.1 Å². The van der Waals surface area contributed by atoms with Crippen LogP contribution >= 0.6 is 0 Å². The summed E-state index contributed by atoms with van der Waals surface area (Å²) in [6.07, 6.45) is 3.75. The van der Waals surface area contributed by atoms with Gasteiger partial charge in [0.1, 0.15) is 0 Å². The second-order valence-corrected chi connectivity index (χ2v) is 11.9. The van der Waals surface area contributed by atoms with Gasteiger partial charge in [-0.15, -0.1) is 0 Å². The van der Waals surface area contributed by atoms with Crippen molar-refractivity contribution in [1.29, 1.82) is 0 Å². The van der Waals surface area contributed by atoms with E-state index in [0.29, 0.717) is 63.0 Å². The Bertz CT molecular complexity index is 1620. The lowest BCUT2D eigenvalue weighted by Crippen LogP contribution is -2.35. The Morgan fingerprint density at radius 1 is 0.974 bits per heavy atom. The number of nitrogens with zero attached hydrogens (tertiary/aromatic N) is 6. The number of fused-ring (bicyclic) bond motifs is 2. The molecule has 6 rings (SSSR count). The monoisotopic (exact) mass is 549 g/mol. The normalized spacial score (nSPS) is 16.0. The Kier molecular flexibility index (Phi) is 6.73. The number of aryl methyl sites for hydroxylation is 1. The van der Waals surface area contributed by atoms with E-state index in [-0.39, 0.29) is 6.79 Å². The van der Waals surface area contributed by atoms with Crippen molar-refractivity contribution in [3.63, 3.8) is 0 Å². The molecule has 1 fully saturated rings. The number of aromatic nitrogens is 4. The highest BCUT2D eigenvalue weighted by atomic mass is 32.2. The number of nitrogens with one attached hydrogen (secondary N) is 1. The van der Waals surface area contributed by atoms with E-state index in [2.05, 4.69) is 40.3 Å². The third kappa shape index (κ3) is 5.48. The molecule has 12 heteroatoms. The number of hydrogen-bond donors (Lipinski definition) is 1. The van der Waals surface area contributed by atoms with Gasteiger partial charge in [-0.3, -0.25) is 0 Å². The van der Waals surface area contributed by atoms with Crippen LogP contribution in [0.15, 0.2) is 48.8 Å². The molecule has 0 spiro atoms. The maximum atomic E-state index is 12.1. The molecule has 0 bridgehead atoms. The standard InChI is InChI=1S/C27H31N7O4S/c1-19-5-3-6-21(13-19)16-33-17-29-24-25(28-15-20-7-8-22-23(14-20)38-18-37-22)30-27(31-26(24)33)32-9-4-10-34(12-11-32)39(2,35)36/h3,5-8,13-14,17H,4,9-12,15-16,18H2,1-2H3,(H,28,30,31). The van der Waals surface area contributed by atoms with Crippen LogP contribution in [0.25, 0.3) is 11.2 Å². The topological polar surface area (TPSA) is 115 Å². The van der Waals surface area contributed by atoms with Crippen molar-refractivity contribution in [3.05, 3.63) is 65.5 Å². The van der Waals surface area contributed by atoms with E-state index in [1.165, 1.54) is 16.1 Å². The van der Waals surface area contributed by atoms with Crippen LogP contribution in [0.2, 0.25) is 0 Å². The van der Waals surface area contributed by atoms with Crippen molar-refractivity contribution in [2.75, 3.05) is 49.4 Å². The quantitative estimate of drug-likeness (QED) is 0.372. The van der Waals surface area contributed by atoms with Gasteiger partial charge in [-0.2, -0.15) is 9.97 Å². The second kappa shape index (κ2) is 10.3. The highest BCUT2D eigenvalue weighted by molar-refractivity contribution is 7.88. The van der Waals surface area contributed by atoms with Gasteiger partial charge < -0.3 is 24.3 Å². The lowest BCUT2D eigenvalue weighted by Gasteiger charge is -2.22. The van der Waals surface area contributed by atoms with Gasteiger partial charge in [0.2, 0.25) is 22.8 Å². The SMILES string of the molecule is Cc1cccc(Cn2cnc3c(NCc4ccc5c(c4)OCO5)nc(N4CCCN(S(C)(=O)=O)CC4)nc32)c1. The number of imidazole rings is 1. The lowest BCUT2D eigenvalue weighted by atomic mass is 10.1. The molecule has 0 unspecified atom stereocenters. The van der Waals surface area contributed by atoms with E-state index in [9.17, 15) is 8.42 Å². The molecule has 204 valence electrons. The predicted molar refractivity (Wildman–Crippen MR) is 149 cm³/mol. The Morgan fingerprint density at radius 2 is 1.85 bits per heavy atom. The van der Waals surface area contributed by atoms with E-state index in [0.717, 1.165) is 28.3 Å². The lowest BCUT2D eigenvalue weighted by molar-refractivity contribution is 0.174. The van der Waals surface area contributed by atoms with Crippen LogP contribution in [-0.2, 0) is 23.1 Å². The zero-order chi connectivity index (χ0) is 27.0. The summed E-state index contributed by atoms with van der Waals surface area (Å²) in [7, 11) is -3.26. The fourth-order valence-electron chi connectivity index (χ4n) is 4.98. The molecule has 2 aromatic carbocycles. The van der Waals surface area contributed by atoms with Crippen molar-refractivity contribution >= 4 is 33.0 Å². The van der Waals surface area contributed by atoms with Gasteiger partial charge in [-0.25, -0.2) is 17.7 Å². The first-order chi connectivity index (χ1) is 18.8. The maximum Gasteiger partial charge on any atom is 0.231 e. The zero-order valence-corrected chi connectivity index (χ0v) is 22.8. The van der Waals surface area contributed by atoms with Gasteiger partial charge in [-0.05, 0) is 36.6 Å². The van der Waals surface area contributed by atoms with Crippen LogP contribution in [0.1, 0.15) is 23.1 Å². The molecule has 11 nitrogen and oxygen atoms in total. The Hall–Kier alpha value is -3.90. The molecule has 39 heavy (non-hydrogen) atoms. The largest absolute Gasteiger partial charge is 0.454 e. The Balaban J connectivity index is 1.33. The number of ether oxygens (including phenoxy) is 2. The molecule has 0 aliphatic carbocycles. The molecule has 1 N–H and O–H groups in total. The summed E-state index contributed by atoms with van der Waals surface area (Å²) < 4.78 is 38.8. The molecule has 2 aliphatic heterocycles. The molecule has 0 saturated carbocycles. The van der Waals surface area contributed by atoms with Crippen LogP contribution in [0.5, 0.6) is 11.5 Å². The maximum absolute atomic E-state index is 12.1. The fourth-order valence-corrected chi connectivity index (χ4v) is 5.86. The van der Waals surface area contributed by atoms with Crippen molar-refractivity contribution in [1.82, 2.24) is 23.8 Å². The summed E-state index contributed by atoms with van der Waals surface area (Å²) >= 11 is 0. The summed E-state index contributed by atoms with van der Waals surface area (Å²) in [6, 6.07) is 14.2. The number of benzene rings is 2. The first-order valence-electron chi connectivity index (χ1n) is 12.9. The van der Waals surface area contributed by atoms with E-state index in [4.69, 9.17) is 19.4 Å². The van der Waals surface area contributed by atoms with Crippen molar-refractivity contribution in [3.8, 4) is 11.5 Å². The van der Waals surface area contributed by atoms with Gasteiger partial charge in [0, 0.05) is 32.7 Å². The molecule has 4 aromatic rings. The van der Waals surface area contributed by atoms with Crippen LogP contribution in [0, 0.1) is 6.92 Å². The molecule has 0 radical (unpaired) electrons. The van der Waals surface area contributed by atoms with E-state index in [1.54, 1.807) is 6.33 Å². The van der Waals surface area contributed by atoms with E-state index >= 15 is 0 Å². The fraction of sp³-hybridized carbons (Fsp3) is 0.370. The summed E-state index contributed by atoms with van der Waals surface area (Å²) in [5.41, 5.74) is 4.77. The number of hydrogen-bond acceptors (Lipinski definition) is 9. The molecule has 1 saturated heterocycles. The molecule has 4 heterocycles. The highest BCUT2D eigenvalue weighted by Gasteiger charge is 2.24.